The molecule has 1 heterocycles. The van der Waals surface area contributed by atoms with Crippen molar-refractivity contribution < 1.29 is 44.0 Å². The van der Waals surface area contributed by atoms with Crippen LogP contribution in [0.15, 0.2) is 64.8 Å². The van der Waals surface area contributed by atoms with E-state index in [0.29, 0.717) is 29.1 Å². The van der Waals surface area contributed by atoms with Gasteiger partial charge in [-0.3, -0.25) is 19.9 Å². The Labute approximate surface area is 230 Å². The van der Waals surface area contributed by atoms with Gasteiger partial charge in [-0.15, -0.1) is 0 Å². The Bertz CT molecular complexity index is 1290. The lowest BCUT2D eigenvalue weighted by atomic mass is 9.75. The minimum atomic E-state index is -1.30. The number of aliphatic imine (C=N–C) groups is 1. The summed E-state index contributed by atoms with van der Waals surface area (Å²) in [5, 5.41) is 39.4. The highest BCUT2D eigenvalue weighted by molar-refractivity contribution is 6.07. The summed E-state index contributed by atoms with van der Waals surface area (Å²) in [6, 6.07) is 12.5. The average molecular weight is 557 g/mol. The number of benzene rings is 2. The minimum Gasteiger partial charge on any atom is -0.491 e. The first-order valence-corrected chi connectivity index (χ1v) is 12.5. The zero-order chi connectivity index (χ0) is 29.4. The Hall–Kier alpha value is -4.13. The van der Waals surface area contributed by atoms with Gasteiger partial charge in [-0.2, -0.15) is 0 Å². The normalized spacial score (nSPS) is 18.4. The number of nitro groups is 1. The lowest BCUT2D eigenvalue weighted by Crippen LogP contribution is -2.36. The summed E-state index contributed by atoms with van der Waals surface area (Å²) in [5.74, 6) is -2.75. The highest BCUT2D eigenvalue weighted by Crippen LogP contribution is 2.41. The Kier molecular flexibility index (Phi) is 10.5. The van der Waals surface area contributed by atoms with E-state index in [0.717, 1.165) is 5.56 Å². The summed E-state index contributed by atoms with van der Waals surface area (Å²) < 4.78 is 15.9. The number of methoxy groups -OCH3 is 1. The number of non-ortho nitro benzene ring substituents is 1. The number of nitrogens with zero attached hydrogens (tertiary/aromatic N) is 2. The van der Waals surface area contributed by atoms with E-state index in [1.165, 1.54) is 25.3 Å². The van der Waals surface area contributed by atoms with Crippen LogP contribution in [0.5, 0.6) is 5.75 Å². The van der Waals surface area contributed by atoms with Crippen molar-refractivity contribution in [3.63, 3.8) is 0 Å². The minimum absolute atomic E-state index is 0.00443. The van der Waals surface area contributed by atoms with Crippen molar-refractivity contribution in [3.05, 3.63) is 81.0 Å². The van der Waals surface area contributed by atoms with Gasteiger partial charge in [0.05, 0.1) is 30.8 Å². The lowest BCUT2D eigenvalue weighted by Gasteiger charge is -2.31. The number of hydrogen-bond acceptors (Lipinski definition) is 11. The van der Waals surface area contributed by atoms with Gasteiger partial charge >= 0.3 is 11.9 Å². The molecule has 0 amide bonds. The van der Waals surface area contributed by atoms with Crippen LogP contribution in [-0.2, 0) is 25.5 Å². The summed E-state index contributed by atoms with van der Waals surface area (Å²) >= 11 is 0. The number of carbonyl (C=O) groups is 2. The highest BCUT2D eigenvalue weighted by Gasteiger charge is 2.42. The van der Waals surface area contributed by atoms with Gasteiger partial charge in [0, 0.05) is 35.9 Å². The quantitative estimate of drug-likeness (QED) is 0.199. The van der Waals surface area contributed by atoms with Crippen molar-refractivity contribution in [2.45, 2.75) is 38.4 Å². The standard InChI is InChI=1S/C28H32N2O10/c1-16-24(27(34)38-3)26(19-5-4-6-20(13-19)30(36)37)25(17(2)29-16)28(35)39-12-11-18-7-9-21(10-8-18)40-15-23(33)22(32)14-31/h4-10,13,22-24,26,31-33H,11-12,14-15H2,1-3H3. The molecule has 3 rings (SSSR count). The second-order valence-electron chi connectivity index (χ2n) is 9.24. The van der Waals surface area contributed by atoms with Crippen molar-refractivity contribution in [1.82, 2.24) is 0 Å². The van der Waals surface area contributed by atoms with E-state index in [2.05, 4.69) is 4.99 Å². The van der Waals surface area contributed by atoms with Gasteiger partial charge < -0.3 is 29.5 Å². The van der Waals surface area contributed by atoms with Crippen molar-refractivity contribution >= 4 is 23.3 Å². The molecule has 0 aliphatic carbocycles. The Morgan fingerprint density at radius 1 is 1.10 bits per heavy atom. The molecule has 4 unspecified atom stereocenters. The number of allylic oxidation sites excluding steroid dienone is 1. The first kappa shape index (κ1) is 30.4. The zero-order valence-corrected chi connectivity index (χ0v) is 22.4. The molecule has 0 saturated carbocycles. The first-order chi connectivity index (χ1) is 19.1. The van der Waals surface area contributed by atoms with Crippen LogP contribution >= 0.6 is 0 Å². The maximum Gasteiger partial charge on any atom is 0.336 e. The number of rotatable bonds is 12. The predicted octanol–water partition coefficient (Wildman–Crippen LogP) is 2.09. The number of ether oxygens (including phenoxy) is 3. The van der Waals surface area contributed by atoms with Gasteiger partial charge in [-0.1, -0.05) is 24.3 Å². The molecule has 0 aromatic heterocycles. The van der Waals surface area contributed by atoms with Crippen molar-refractivity contribution in [3.8, 4) is 5.75 Å². The molecule has 40 heavy (non-hydrogen) atoms. The molecule has 1 aliphatic heterocycles. The summed E-state index contributed by atoms with van der Waals surface area (Å²) in [6.07, 6.45) is -2.18. The van der Waals surface area contributed by atoms with Gasteiger partial charge in [-0.25, -0.2) is 4.79 Å². The molecule has 0 spiro atoms. The molecule has 0 bridgehead atoms. The maximum absolute atomic E-state index is 13.3. The summed E-state index contributed by atoms with van der Waals surface area (Å²) in [7, 11) is 1.22. The van der Waals surface area contributed by atoms with Crippen LogP contribution in [0.25, 0.3) is 0 Å². The molecular weight excluding hydrogens is 524 g/mol. The average Bonchev–Trinajstić information content (AvgIpc) is 2.95. The van der Waals surface area contributed by atoms with E-state index < -0.39 is 47.5 Å². The monoisotopic (exact) mass is 556 g/mol. The first-order valence-electron chi connectivity index (χ1n) is 12.5. The number of carbonyl (C=O) groups excluding carboxylic acids is 2. The molecular formula is C28H32N2O10. The highest BCUT2D eigenvalue weighted by atomic mass is 16.6. The van der Waals surface area contributed by atoms with E-state index in [1.807, 2.05) is 0 Å². The van der Waals surface area contributed by atoms with Crippen LogP contribution in [0.2, 0.25) is 0 Å². The Balaban J connectivity index is 1.74. The summed E-state index contributed by atoms with van der Waals surface area (Å²) in [5.41, 5.74) is 1.90. The van der Waals surface area contributed by atoms with E-state index in [1.54, 1.807) is 44.2 Å². The van der Waals surface area contributed by atoms with Crippen molar-refractivity contribution in [1.29, 1.82) is 0 Å². The molecule has 4 atom stereocenters. The van der Waals surface area contributed by atoms with Crippen LogP contribution in [0.4, 0.5) is 5.69 Å². The summed E-state index contributed by atoms with van der Waals surface area (Å²) in [4.78, 5) is 41.3. The largest absolute Gasteiger partial charge is 0.491 e. The van der Waals surface area contributed by atoms with E-state index >= 15 is 0 Å². The van der Waals surface area contributed by atoms with Crippen LogP contribution in [0, 0.1) is 16.0 Å². The van der Waals surface area contributed by atoms with Crippen molar-refractivity contribution in [2.24, 2.45) is 10.9 Å². The number of hydrogen-bond donors (Lipinski definition) is 3. The molecule has 214 valence electrons. The Morgan fingerprint density at radius 3 is 2.42 bits per heavy atom. The number of nitro benzene ring substituents is 1. The number of aliphatic hydroxyl groups is 3. The van der Waals surface area contributed by atoms with E-state index in [9.17, 15) is 29.9 Å². The topological polar surface area (TPSA) is 178 Å². The van der Waals surface area contributed by atoms with Crippen LogP contribution < -0.4 is 4.74 Å². The SMILES string of the molecule is COC(=O)C1C(C)=NC(C)=C(C(=O)OCCc2ccc(OCC(O)C(O)CO)cc2)C1c1cccc([N+](=O)[O-])c1. The molecule has 2 aromatic carbocycles. The maximum atomic E-state index is 13.3. The van der Waals surface area contributed by atoms with Crippen molar-refractivity contribution in [2.75, 3.05) is 26.9 Å². The summed E-state index contributed by atoms with van der Waals surface area (Å²) in [6.45, 7) is 2.48. The number of aliphatic hydroxyl groups excluding tert-OH is 3. The molecule has 3 N–H and O–H groups in total. The number of esters is 2. The lowest BCUT2D eigenvalue weighted by molar-refractivity contribution is -0.384. The van der Waals surface area contributed by atoms with Gasteiger partial charge in [0.1, 0.15) is 30.5 Å². The molecule has 0 fully saturated rings. The van der Waals surface area contributed by atoms with Gasteiger partial charge in [0.25, 0.3) is 5.69 Å². The van der Waals surface area contributed by atoms with Gasteiger partial charge in [-0.05, 0) is 37.1 Å². The third kappa shape index (κ3) is 7.29. The molecule has 0 saturated heterocycles. The second-order valence-corrected chi connectivity index (χ2v) is 9.24. The van der Waals surface area contributed by atoms with E-state index in [-0.39, 0.29) is 24.5 Å². The smallest absolute Gasteiger partial charge is 0.336 e. The third-order valence-corrected chi connectivity index (χ3v) is 6.54. The second kappa shape index (κ2) is 13.8. The zero-order valence-electron chi connectivity index (χ0n) is 22.4. The molecule has 0 radical (unpaired) electrons. The molecule has 1 aliphatic rings. The Morgan fingerprint density at radius 2 is 1.80 bits per heavy atom. The third-order valence-electron chi connectivity index (χ3n) is 6.54. The fourth-order valence-electron chi connectivity index (χ4n) is 4.43. The predicted molar refractivity (Wildman–Crippen MR) is 143 cm³/mol. The van der Waals surface area contributed by atoms with E-state index in [4.69, 9.17) is 19.3 Å². The molecule has 2 aromatic rings. The molecule has 12 heteroatoms. The fourth-order valence-corrected chi connectivity index (χ4v) is 4.43. The van der Waals surface area contributed by atoms with Crippen LogP contribution in [0.1, 0.15) is 30.9 Å². The van der Waals surface area contributed by atoms with Crippen LogP contribution in [0.3, 0.4) is 0 Å². The fraction of sp³-hybridized carbons (Fsp3) is 0.393. The van der Waals surface area contributed by atoms with Gasteiger partial charge in [0.15, 0.2) is 0 Å². The molecule has 12 nitrogen and oxygen atoms in total. The van der Waals surface area contributed by atoms with Crippen LogP contribution in [-0.4, -0.2) is 77.0 Å². The van der Waals surface area contributed by atoms with Gasteiger partial charge in [0.2, 0.25) is 0 Å².